The Morgan fingerprint density at radius 1 is 0.585 bits per heavy atom. The molecule has 11 nitrogen and oxygen atoms in total. The van der Waals surface area contributed by atoms with Crippen LogP contribution in [-0.2, 0) is 38.4 Å². The molecule has 0 saturated carbocycles. The van der Waals surface area contributed by atoms with E-state index in [9.17, 15) is 9.59 Å². The van der Waals surface area contributed by atoms with Gasteiger partial charge in [0.15, 0.2) is 36.4 Å². The van der Waals surface area contributed by atoms with Gasteiger partial charge in [-0.1, -0.05) is 60.7 Å². The summed E-state index contributed by atoms with van der Waals surface area (Å²) in [5, 5.41) is 0. The van der Waals surface area contributed by atoms with Crippen LogP contribution in [-0.4, -0.2) is 50.0 Å². The summed E-state index contributed by atoms with van der Waals surface area (Å²) in [6.45, 7) is 0.555. The average molecular weight is 601 g/mol. The molecule has 0 amide bonds. The van der Waals surface area contributed by atoms with Crippen molar-refractivity contribution in [2.24, 2.45) is 0 Å². The van der Waals surface area contributed by atoms with Crippen molar-refractivity contribution in [1.29, 1.82) is 0 Å². The molecule has 0 radical (unpaired) electrons. The summed E-state index contributed by atoms with van der Waals surface area (Å²) in [5.41, 5.74) is 2.49. The number of benzene rings is 2. The van der Waals surface area contributed by atoms with Crippen LogP contribution in [0.4, 0.5) is 0 Å². The van der Waals surface area contributed by atoms with Gasteiger partial charge in [-0.2, -0.15) is 9.13 Å². The average Bonchev–Trinajstić information content (AvgIpc) is 2.92. The molecule has 0 fully saturated rings. The number of hydrogen-bond acceptors (Lipinski definition) is 9. The van der Waals surface area contributed by atoms with Gasteiger partial charge < -0.3 is 9.11 Å². The Morgan fingerprint density at radius 3 is 1.20 bits per heavy atom. The lowest BCUT2D eigenvalue weighted by Crippen LogP contribution is -2.41. The van der Waals surface area contributed by atoms with Gasteiger partial charge in [0, 0.05) is 35.8 Å². The van der Waals surface area contributed by atoms with Crippen LogP contribution in [0.5, 0.6) is 0 Å². The molecule has 0 unspecified atom stereocenters. The second kappa shape index (κ2) is 15.6. The van der Waals surface area contributed by atoms with Crippen molar-refractivity contribution in [2.45, 2.75) is 13.5 Å². The van der Waals surface area contributed by atoms with Crippen LogP contribution in [0.3, 0.4) is 0 Å². The van der Waals surface area contributed by atoms with Crippen LogP contribution < -0.4 is 9.13 Å². The van der Waals surface area contributed by atoms with Crippen molar-refractivity contribution < 1.29 is 49.4 Å². The van der Waals surface area contributed by atoms with Crippen molar-refractivity contribution in [3.05, 3.63) is 132 Å². The highest BCUT2D eigenvalue weighted by Crippen LogP contribution is 2.08. The molecule has 0 N–H and O–H groups in total. The van der Waals surface area contributed by atoms with Crippen molar-refractivity contribution in [2.75, 3.05) is 12.5 Å². The molecule has 2 heterocycles. The molecule has 41 heavy (non-hydrogen) atoms. The largest absolute Gasteiger partial charge is 0.748 e. The van der Waals surface area contributed by atoms with Gasteiger partial charge in [0.2, 0.25) is 0 Å². The first-order valence-corrected chi connectivity index (χ1v) is 15.4. The second-order valence-electron chi connectivity index (χ2n) is 8.47. The Morgan fingerprint density at radius 2 is 0.878 bits per heavy atom. The Bertz CT molecular complexity index is 1520. The van der Waals surface area contributed by atoms with E-state index in [1.807, 2.05) is 70.1 Å². The summed E-state index contributed by atoms with van der Waals surface area (Å²) in [5.74, 6) is -0.0621. The van der Waals surface area contributed by atoms with E-state index >= 15 is 0 Å². The first-order chi connectivity index (χ1) is 19.2. The van der Waals surface area contributed by atoms with E-state index in [0.717, 1.165) is 0 Å². The van der Waals surface area contributed by atoms with Gasteiger partial charge in [-0.3, -0.25) is 14.3 Å². The van der Waals surface area contributed by atoms with E-state index in [0.29, 0.717) is 34.8 Å². The van der Waals surface area contributed by atoms with Crippen LogP contribution in [0.2, 0.25) is 0 Å². The van der Waals surface area contributed by atoms with Gasteiger partial charge in [0.1, 0.15) is 0 Å². The van der Waals surface area contributed by atoms with Crippen molar-refractivity contribution >= 4 is 31.8 Å². The van der Waals surface area contributed by atoms with Crippen LogP contribution in [0.25, 0.3) is 0 Å². The summed E-state index contributed by atoms with van der Waals surface area (Å²) in [7, 11) is -7.83. The molecule has 0 atom stereocenters. The lowest BCUT2D eigenvalue weighted by molar-refractivity contribution is -0.788. The molecule has 0 aliphatic heterocycles. The van der Waals surface area contributed by atoms with Gasteiger partial charge in [-0.25, -0.2) is 16.8 Å². The minimum absolute atomic E-state index is 0.0311. The third-order valence-corrected chi connectivity index (χ3v) is 4.79. The second-order valence-corrected chi connectivity index (χ2v) is 11.3. The molecule has 0 bridgehead atoms. The summed E-state index contributed by atoms with van der Waals surface area (Å²) in [4.78, 5) is 25.2. The molecule has 13 heteroatoms. The number of carbonyl (C=O) groups excluding carboxylic acids is 2. The minimum atomic E-state index is -3.92. The fourth-order valence-corrected chi connectivity index (χ4v) is 3.24. The molecule has 2 aromatic carbocycles. The molecule has 4 aromatic rings. The highest BCUT2D eigenvalue weighted by Gasteiger charge is 2.15. The van der Waals surface area contributed by atoms with Gasteiger partial charge in [-0.15, -0.1) is 0 Å². The van der Waals surface area contributed by atoms with Crippen molar-refractivity contribution in [3.8, 4) is 0 Å². The van der Waals surface area contributed by atoms with Gasteiger partial charge in [0.25, 0.3) is 13.5 Å². The predicted octanol–water partition coefficient (Wildman–Crippen LogP) is 1.68. The normalized spacial score (nSPS) is 10.8. The SMILES string of the molecule is CS(=O)(=O)[O-].CS(=O)(=O)[O-].O=C(c1ccccc1)c1ccc[n+](COC[n+]2cccc(C(=O)c3ccccc3)c2)c1. The number of aromatic nitrogens is 2. The highest BCUT2D eigenvalue weighted by molar-refractivity contribution is 7.85. The zero-order valence-electron chi connectivity index (χ0n) is 22.2. The molecular formula is C28H28N2O9S2. The van der Waals surface area contributed by atoms with Gasteiger partial charge in [0.05, 0.1) is 31.4 Å². The Balaban J connectivity index is 0.000000507. The van der Waals surface area contributed by atoms with E-state index in [2.05, 4.69) is 0 Å². The lowest BCUT2D eigenvalue weighted by Gasteiger charge is -2.03. The first kappa shape index (κ1) is 33.1. The summed E-state index contributed by atoms with van der Waals surface area (Å²) in [6, 6.07) is 25.6. The fourth-order valence-electron chi connectivity index (χ4n) is 3.24. The standard InChI is InChI=1S/C26H22N2O3.2CH4O3S/c29-25(21-9-3-1-4-10-21)23-13-7-15-27(17-23)19-31-20-28-16-8-14-24(18-28)26(30)22-11-5-2-6-12-22;2*1-5(2,3)4/h1-18H,19-20H2;2*1H3,(H,2,3,4)/q+2;;/p-2. The summed E-state index contributed by atoms with van der Waals surface area (Å²) < 4.78 is 63.9. The maximum Gasteiger partial charge on any atom is 0.257 e. The maximum absolute atomic E-state index is 12.6. The van der Waals surface area contributed by atoms with Crippen LogP contribution >= 0.6 is 0 Å². The van der Waals surface area contributed by atoms with Crippen LogP contribution in [0.15, 0.2) is 110 Å². The fraction of sp³-hybridized carbons (Fsp3) is 0.143. The molecule has 0 spiro atoms. The molecule has 0 aliphatic rings. The quantitative estimate of drug-likeness (QED) is 0.166. The number of ether oxygens (including phenoxy) is 1. The maximum atomic E-state index is 12.6. The minimum Gasteiger partial charge on any atom is -0.748 e. The number of carbonyl (C=O) groups is 2. The molecule has 0 saturated heterocycles. The third kappa shape index (κ3) is 14.2. The first-order valence-electron chi connectivity index (χ1n) is 11.8. The monoisotopic (exact) mass is 600 g/mol. The molecule has 4 rings (SSSR count). The molecular weight excluding hydrogens is 572 g/mol. The van der Waals surface area contributed by atoms with Crippen molar-refractivity contribution in [1.82, 2.24) is 0 Å². The lowest BCUT2D eigenvalue weighted by atomic mass is 10.1. The van der Waals surface area contributed by atoms with E-state index in [1.54, 1.807) is 48.8 Å². The Labute approximate surface area is 238 Å². The van der Waals surface area contributed by atoms with E-state index in [1.165, 1.54) is 0 Å². The van der Waals surface area contributed by atoms with Gasteiger partial charge >= 0.3 is 0 Å². The number of nitrogens with zero attached hydrogens (tertiary/aromatic N) is 2. The Hall–Kier alpha value is -4.14. The number of rotatable bonds is 8. The van der Waals surface area contributed by atoms with Gasteiger partial charge in [-0.05, 0) is 12.1 Å². The highest BCUT2D eigenvalue weighted by atomic mass is 32.2. The number of hydrogen-bond donors (Lipinski definition) is 0. The zero-order valence-corrected chi connectivity index (χ0v) is 23.8. The van der Waals surface area contributed by atoms with Crippen LogP contribution in [0, 0.1) is 0 Å². The summed E-state index contributed by atoms with van der Waals surface area (Å²) in [6.07, 6.45) is 8.45. The smallest absolute Gasteiger partial charge is 0.257 e. The van der Waals surface area contributed by atoms with E-state index < -0.39 is 20.2 Å². The molecule has 2 aromatic heterocycles. The molecule has 0 aliphatic carbocycles. The van der Waals surface area contributed by atoms with E-state index in [-0.39, 0.29) is 25.0 Å². The zero-order chi connectivity index (χ0) is 30.5. The predicted molar refractivity (Wildman–Crippen MR) is 145 cm³/mol. The van der Waals surface area contributed by atoms with Crippen molar-refractivity contribution in [3.63, 3.8) is 0 Å². The number of pyridine rings is 2. The number of ketones is 2. The third-order valence-electron chi connectivity index (χ3n) is 4.79. The van der Waals surface area contributed by atoms with E-state index in [4.69, 9.17) is 30.7 Å². The van der Waals surface area contributed by atoms with Crippen LogP contribution in [0.1, 0.15) is 31.8 Å². The topological polar surface area (TPSA) is 166 Å². The Kier molecular flexibility index (Phi) is 12.6. The molecule has 216 valence electrons. The summed E-state index contributed by atoms with van der Waals surface area (Å²) >= 11 is 0.